The molecule has 5 heterocycles. The van der Waals surface area contributed by atoms with Crippen molar-refractivity contribution in [3.8, 4) is 6.07 Å². The van der Waals surface area contributed by atoms with Gasteiger partial charge >= 0.3 is 0 Å². The third kappa shape index (κ3) is 5.43. The molecule has 0 amide bonds. The summed E-state index contributed by atoms with van der Waals surface area (Å²) in [7, 11) is 1.72. The number of ether oxygens (including phenoxy) is 2. The lowest BCUT2D eigenvalue weighted by molar-refractivity contribution is -0.0327. The van der Waals surface area contributed by atoms with Gasteiger partial charge in [-0.25, -0.2) is 4.98 Å². The number of piperazine rings is 1. The average Bonchev–Trinajstić information content (AvgIpc) is 3.37. The molecule has 0 spiro atoms. The molecule has 3 aliphatic heterocycles. The van der Waals surface area contributed by atoms with Crippen molar-refractivity contribution < 1.29 is 9.47 Å². The summed E-state index contributed by atoms with van der Waals surface area (Å²) in [6, 6.07) is 16.5. The van der Waals surface area contributed by atoms with Crippen LogP contribution in [0.25, 0.3) is 10.9 Å². The fourth-order valence-corrected chi connectivity index (χ4v) is 6.31. The number of benzene rings is 1. The van der Waals surface area contributed by atoms with Crippen molar-refractivity contribution in [3.05, 3.63) is 54.2 Å². The normalized spacial score (nSPS) is 25.9. The largest absolute Gasteiger partial charge is 0.378 e. The van der Waals surface area contributed by atoms with Crippen LogP contribution in [-0.4, -0.2) is 105 Å². The van der Waals surface area contributed by atoms with E-state index in [1.54, 1.807) is 13.3 Å². The smallest absolute Gasteiger partial charge is 0.131 e. The first-order valence-corrected chi connectivity index (χ1v) is 14.2. The van der Waals surface area contributed by atoms with Gasteiger partial charge in [0, 0.05) is 83.3 Å². The highest BCUT2D eigenvalue weighted by Gasteiger charge is 2.32. The number of morpholine rings is 1. The maximum atomic E-state index is 9.54. The summed E-state index contributed by atoms with van der Waals surface area (Å²) < 4.78 is 11.9. The lowest BCUT2D eigenvalue weighted by atomic mass is 10.1. The summed E-state index contributed by atoms with van der Waals surface area (Å²) >= 11 is 0. The summed E-state index contributed by atoms with van der Waals surface area (Å²) in [5, 5.41) is 10.6. The fourth-order valence-electron chi connectivity index (χ4n) is 6.31. The van der Waals surface area contributed by atoms with E-state index in [1.807, 2.05) is 12.1 Å². The zero-order chi connectivity index (χ0) is 27.6. The molecule has 0 bridgehead atoms. The Morgan fingerprint density at radius 1 is 0.975 bits per heavy atom. The summed E-state index contributed by atoms with van der Waals surface area (Å²) in [4.78, 5) is 19.0. The monoisotopic (exact) mass is 542 g/mol. The number of aromatic nitrogens is 2. The highest BCUT2D eigenvalue weighted by atomic mass is 16.5. The fraction of sp³-hybridized carbons (Fsp3) is 0.500. The number of nitrogens with zero attached hydrogens (tertiary/aromatic N) is 7. The Morgan fingerprint density at radius 3 is 2.52 bits per heavy atom. The topological polar surface area (TPSA) is 107 Å². The number of anilines is 3. The Kier molecular flexibility index (Phi) is 7.71. The molecule has 2 N–H and O–H groups in total. The van der Waals surface area contributed by atoms with Crippen LogP contribution in [0.3, 0.4) is 0 Å². The Labute approximate surface area is 235 Å². The molecule has 10 heteroatoms. The van der Waals surface area contributed by atoms with E-state index in [4.69, 9.17) is 20.2 Å². The van der Waals surface area contributed by atoms with Crippen LogP contribution >= 0.6 is 0 Å². The molecule has 10 nitrogen and oxygen atoms in total. The standard InChI is InChI=1S/C30H38N8O2/c1-21-16-37(26-9-8-22(15-31)30-24(26)5-4-10-33-30)18-23(40-21)17-35-11-13-36(14-12-35)28-6-3-7-29(34-28)38-19-25(32)27(20-38)39-2/h3-10,21,23,25,27H,11-14,16-20,32H2,1-2H3/t21-,23+,25-,27+/m1/s1. The van der Waals surface area contributed by atoms with Gasteiger partial charge in [0.25, 0.3) is 0 Å². The molecule has 3 aliphatic rings. The van der Waals surface area contributed by atoms with Gasteiger partial charge in [0.1, 0.15) is 17.7 Å². The zero-order valence-electron chi connectivity index (χ0n) is 23.3. The summed E-state index contributed by atoms with van der Waals surface area (Å²) in [6.07, 6.45) is 2.02. The molecule has 0 saturated carbocycles. The lowest BCUT2D eigenvalue weighted by Gasteiger charge is -2.42. The maximum Gasteiger partial charge on any atom is 0.131 e. The second-order valence-corrected chi connectivity index (χ2v) is 11.1. The highest BCUT2D eigenvalue weighted by Crippen LogP contribution is 2.30. The van der Waals surface area contributed by atoms with Crippen molar-refractivity contribution in [3.63, 3.8) is 0 Å². The predicted molar refractivity (Wildman–Crippen MR) is 157 cm³/mol. The molecule has 4 atom stereocenters. The molecular weight excluding hydrogens is 504 g/mol. The maximum absolute atomic E-state index is 9.54. The van der Waals surface area contributed by atoms with Gasteiger partial charge in [0.15, 0.2) is 0 Å². The number of pyridine rings is 2. The number of fused-ring (bicyclic) bond motifs is 1. The van der Waals surface area contributed by atoms with E-state index in [1.165, 1.54) is 0 Å². The molecule has 0 radical (unpaired) electrons. The minimum Gasteiger partial charge on any atom is -0.378 e. The Bertz CT molecular complexity index is 1370. The molecule has 210 valence electrons. The van der Waals surface area contributed by atoms with Crippen LogP contribution in [0.4, 0.5) is 17.3 Å². The van der Waals surface area contributed by atoms with Gasteiger partial charge in [-0.15, -0.1) is 0 Å². The van der Waals surface area contributed by atoms with Gasteiger partial charge < -0.3 is 29.9 Å². The van der Waals surface area contributed by atoms with Crippen molar-refractivity contribution in [1.29, 1.82) is 5.26 Å². The summed E-state index contributed by atoms with van der Waals surface area (Å²) in [6.45, 7) is 9.96. The third-order valence-electron chi connectivity index (χ3n) is 8.35. The van der Waals surface area contributed by atoms with E-state index in [0.717, 1.165) is 87.1 Å². The summed E-state index contributed by atoms with van der Waals surface area (Å²) in [5.74, 6) is 1.98. The second-order valence-electron chi connectivity index (χ2n) is 11.1. The van der Waals surface area contributed by atoms with E-state index in [9.17, 15) is 5.26 Å². The first-order chi connectivity index (χ1) is 19.5. The first-order valence-electron chi connectivity index (χ1n) is 14.2. The molecule has 3 fully saturated rings. The number of hydrogen-bond donors (Lipinski definition) is 1. The highest BCUT2D eigenvalue weighted by molar-refractivity contribution is 5.95. The van der Waals surface area contributed by atoms with Crippen molar-refractivity contribution in [2.75, 3.05) is 80.7 Å². The number of methoxy groups -OCH3 is 1. The Balaban J connectivity index is 1.08. The van der Waals surface area contributed by atoms with Gasteiger partial charge in [-0.2, -0.15) is 5.26 Å². The van der Waals surface area contributed by atoms with E-state index >= 15 is 0 Å². The molecule has 2 aromatic heterocycles. The minimum absolute atomic E-state index is 0.00643. The second kappa shape index (κ2) is 11.6. The van der Waals surface area contributed by atoms with Crippen molar-refractivity contribution in [1.82, 2.24) is 14.9 Å². The molecule has 1 aromatic carbocycles. The number of nitrogens with two attached hydrogens (primary N) is 1. The molecule has 0 aliphatic carbocycles. The van der Waals surface area contributed by atoms with Crippen LogP contribution < -0.4 is 20.4 Å². The minimum atomic E-state index is 0.00643. The molecule has 6 rings (SSSR count). The van der Waals surface area contributed by atoms with E-state index < -0.39 is 0 Å². The number of hydrogen-bond acceptors (Lipinski definition) is 10. The van der Waals surface area contributed by atoms with Crippen LogP contribution in [0.2, 0.25) is 0 Å². The third-order valence-corrected chi connectivity index (χ3v) is 8.35. The molecule has 3 saturated heterocycles. The molecule has 3 aromatic rings. The zero-order valence-corrected chi connectivity index (χ0v) is 23.3. The van der Waals surface area contributed by atoms with Gasteiger partial charge in [0.2, 0.25) is 0 Å². The SMILES string of the molecule is CO[C@H]1CN(c2cccc(N3CCN(C[C@H]4CN(c5ccc(C#N)c6ncccc56)C[C@@H](C)O4)CC3)n2)C[C@H]1N. The van der Waals surface area contributed by atoms with E-state index in [0.29, 0.717) is 5.56 Å². The van der Waals surface area contributed by atoms with Crippen LogP contribution in [-0.2, 0) is 9.47 Å². The van der Waals surface area contributed by atoms with Crippen LogP contribution in [0.5, 0.6) is 0 Å². The van der Waals surface area contributed by atoms with Crippen LogP contribution in [0, 0.1) is 11.3 Å². The van der Waals surface area contributed by atoms with Crippen molar-refractivity contribution in [2.45, 2.75) is 31.3 Å². The quantitative estimate of drug-likeness (QED) is 0.498. The lowest BCUT2D eigenvalue weighted by Crippen LogP contribution is -2.54. The van der Waals surface area contributed by atoms with Gasteiger partial charge in [-0.3, -0.25) is 9.88 Å². The van der Waals surface area contributed by atoms with Gasteiger partial charge in [0.05, 0.1) is 35.4 Å². The van der Waals surface area contributed by atoms with E-state index in [2.05, 4.69) is 67.9 Å². The van der Waals surface area contributed by atoms with Crippen molar-refractivity contribution in [2.24, 2.45) is 5.73 Å². The van der Waals surface area contributed by atoms with Gasteiger partial charge in [-0.1, -0.05) is 6.07 Å². The summed E-state index contributed by atoms with van der Waals surface area (Å²) in [5.41, 5.74) is 8.73. The average molecular weight is 543 g/mol. The number of nitriles is 1. The van der Waals surface area contributed by atoms with Crippen molar-refractivity contribution >= 4 is 28.2 Å². The molecule has 0 unspecified atom stereocenters. The van der Waals surface area contributed by atoms with Crippen LogP contribution in [0.15, 0.2) is 48.7 Å². The first kappa shape index (κ1) is 26.7. The Hall–Kier alpha value is -3.49. The number of rotatable bonds is 6. The molecule has 40 heavy (non-hydrogen) atoms. The van der Waals surface area contributed by atoms with Gasteiger partial charge in [-0.05, 0) is 43.3 Å². The Morgan fingerprint density at radius 2 is 1.77 bits per heavy atom. The van der Waals surface area contributed by atoms with E-state index in [-0.39, 0.29) is 24.4 Å². The molecular formula is C30H38N8O2. The predicted octanol–water partition coefficient (Wildman–Crippen LogP) is 2.08. The van der Waals surface area contributed by atoms with Crippen LogP contribution in [0.1, 0.15) is 12.5 Å².